The number of ether oxygens (including phenoxy) is 1. The van der Waals surface area contributed by atoms with Crippen molar-refractivity contribution in [2.75, 3.05) is 17.7 Å². The number of aromatic nitrogens is 2. The molecule has 2 aromatic rings. The van der Waals surface area contributed by atoms with Gasteiger partial charge in [-0.25, -0.2) is 0 Å². The Kier molecular flexibility index (Phi) is 9.35. The fraction of sp³-hybridized carbons (Fsp3) is 0.500. The third-order valence-corrected chi connectivity index (χ3v) is 7.38. The summed E-state index contributed by atoms with van der Waals surface area (Å²) in [5, 5.41) is 12.2. The molecule has 1 N–H and O–H groups in total. The van der Waals surface area contributed by atoms with Gasteiger partial charge in [-0.3, -0.25) is 4.79 Å². The summed E-state index contributed by atoms with van der Waals surface area (Å²) in [6, 6.07) is 1.90. The summed E-state index contributed by atoms with van der Waals surface area (Å²) in [6.45, 7) is 6.49. The van der Waals surface area contributed by atoms with Crippen LogP contribution in [0.15, 0.2) is 14.9 Å². The molecular weight excluding hydrogens is 470 g/mol. The predicted molar refractivity (Wildman–Crippen MR) is 118 cm³/mol. The van der Waals surface area contributed by atoms with E-state index in [-0.39, 0.29) is 5.91 Å². The number of halogens is 2. The maximum absolute atomic E-state index is 12.1. The van der Waals surface area contributed by atoms with Crippen LogP contribution >= 0.6 is 50.6 Å². The summed E-state index contributed by atoms with van der Waals surface area (Å²) in [7, 11) is 0. The molecule has 27 heavy (non-hydrogen) atoms. The highest BCUT2D eigenvalue weighted by molar-refractivity contribution is 9.10. The van der Waals surface area contributed by atoms with E-state index in [2.05, 4.69) is 38.4 Å². The minimum Gasteiger partial charge on any atom is -0.492 e. The highest BCUT2D eigenvalue weighted by Gasteiger charge is 2.12. The van der Waals surface area contributed by atoms with E-state index >= 15 is 0 Å². The van der Waals surface area contributed by atoms with Gasteiger partial charge in [0.15, 0.2) is 4.34 Å². The molecular formula is C18H23BrClN3O2S2. The summed E-state index contributed by atoms with van der Waals surface area (Å²) in [5.74, 6) is 1.69. The molecule has 1 aromatic heterocycles. The molecule has 0 fully saturated rings. The molecule has 0 unspecified atom stereocenters. The lowest BCUT2D eigenvalue weighted by Gasteiger charge is -2.13. The van der Waals surface area contributed by atoms with Gasteiger partial charge >= 0.3 is 0 Å². The van der Waals surface area contributed by atoms with Crippen molar-refractivity contribution in [3.05, 3.63) is 26.7 Å². The van der Waals surface area contributed by atoms with Crippen LogP contribution in [0.1, 0.15) is 43.7 Å². The smallest absolute Gasteiger partial charge is 0.226 e. The Morgan fingerprint density at radius 3 is 2.89 bits per heavy atom. The summed E-state index contributed by atoms with van der Waals surface area (Å²) < 4.78 is 7.54. The van der Waals surface area contributed by atoms with Crippen LogP contribution in [0.5, 0.6) is 5.75 Å². The number of amides is 1. The lowest BCUT2D eigenvalue weighted by atomic mass is 10.1. The minimum atomic E-state index is -0.0811. The van der Waals surface area contributed by atoms with Crippen molar-refractivity contribution in [1.82, 2.24) is 10.2 Å². The van der Waals surface area contributed by atoms with Gasteiger partial charge in [0.25, 0.3) is 0 Å². The number of hydrogen-bond acceptors (Lipinski definition) is 6. The summed E-state index contributed by atoms with van der Waals surface area (Å²) in [5.41, 5.74) is 1.92. The quantitative estimate of drug-likeness (QED) is 0.241. The third-order valence-electron chi connectivity index (χ3n) is 3.75. The SMILES string of the molecule is CCCCSc1nnc(NC(=O)CCCOc2cc(C)c(Cl)c(C)c2Br)s1. The molecule has 0 saturated heterocycles. The molecule has 0 saturated carbocycles. The molecule has 1 aromatic carbocycles. The van der Waals surface area contributed by atoms with Crippen LogP contribution in [0.4, 0.5) is 5.13 Å². The van der Waals surface area contributed by atoms with E-state index in [1.807, 2.05) is 19.9 Å². The number of rotatable bonds is 10. The molecule has 148 valence electrons. The van der Waals surface area contributed by atoms with Crippen molar-refractivity contribution >= 4 is 61.7 Å². The fourth-order valence-corrected chi connectivity index (χ4v) is 4.84. The molecule has 0 aliphatic carbocycles. The van der Waals surface area contributed by atoms with Crippen LogP contribution in [0.2, 0.25) is 5.02 Å². The topological polar surface area (TPSA) is 64.1 Å². The Bertz CT molecular complexity index is 786. The molecule has 0 atom stereocenters. The molecule has 0 aliphatic heterocycles. The van der Waals surface area contributed by atoms with Crippen molar-refractivity contribution in [2.24, 2.45) is 0 Å². The standard InChI is InChI=1S/C18H23BrClN3O2S2/c1-4-5-9-26-18-23-22-17(27-18)21-14(24)7-6-8-25-13-10-11(2)16(20)12(3)15(13)19/h10H,4-9H2,1-3H3,(H,21,22,24). The number of nitrogens with one attached hydrogen (secondary N) is 1. The van der Waals surface area contributed by atoms with Crippen LogP contribution in [0.3, 0.4) is 0 Å². The highest BCUT2D eigenvalue weighted by atomic mass is 79.9. The number of anilines is 1. The molecule has 0 aliphatic rings. The molecule has 0 spiro atoms. The second-order valence-corrected chi connectivity index (χ2v) is 9.51. The van der Waals surface area contributed by atoms with Gasteiger partial charge in [0.1, 0.15) is 5.75 Å². The second-order valence-electron chi connectivity index (χ2n) is 6.02. The van der Waals surface area contributed by atoms with Crippen LogP contribution < -0.4 is 10.1 Å². The van der Waals surface area contributed by atoms with Crippen LogP contribution in [-0.2, 0) is 4.79 Å². The number of carbonyl (C=O) groups is 1. The lowest BCUT2D eigenvalue weighted by Crippen LogP contribution is -2.12. The molecule has 5 nitrogen and oxygen atoms in total. The van der Waals surface area contributed by atoms with E-state index in [0.29, 0.717) is 24.6 Å². The normalized spacial score (nSPS) is 10.9. The number of hydrogen-bond donors (Lipinski definition) is 1. The van der Waals surface area contributed by atoms with E-state index in [0.717, 1.165) is 49.3 Å². The third kappa shape index (κ3) is 6.93. The average molecular weight is 493 g/mol. The second kappa shape index (κ2) is 11.2. The molecule has 1 amide bonds. The van der Waals surface area contributed by atoms with E-state index in [1.165, 1.54) is 11.3 Å². The van der Waals surface area contributed by atoms with Gasteiger partial charge in [-0.15, -0.1) is 10.2 Å². The van der Waals surface area contributed by atoms with Crippen molar-refractivity contribution < 1.29 is 9.53 Å². The Balaban J connectivity index is 1.74. The number of thioether (sulfide) groups is 1. The Labute approximate surface area is 181 Å². The molecule has 2 rings (SSSR count). The van der Waals surface area contributed by atoms with E-state index < -0.39 is 0 Å². The predicted octanol–water partition coefficient (Wildman–Crippen LogP) is 6.26. The molecule has 1 heterocycles. The minimum absolute atomic E-state index is 0.0811. The number of carbonyl (C=O) groups excluding carboxylic acids is 1. The average Bonchev–Trinajstić information content (AvgIpc) is 3.08. The Hall–Kier alpha value is -0.830. The highest BCUT2D eigenvalue weighted by Crippen LogP contribution is 2.35. The van der Waals surface area contributed by atoms with Crippen molar-refractivity contribution in [2.45, 2.75) is 50.8 Å². The first-order valence-electron chi connectivity index (χ1n) is 8.76. The fourth-order valence-electron chi connectivity index (χ4n) is 2.22. The largest absolute Gasteiger partial charge is 0.492 e. The van der Waals surface area contributed by atoms with E-state index in [9.17, 15) is 4.79 Å². The van der Waals surface area contributed by atoms with Gasteiger partial charge in [0, 0.05) is 17.2 Å². The zero-order valence-electron chi connectivity index (χ0n) is 15.6. The van der Waals surface area contributed by atoms with Crippen LogP contribution in [-0.4, -0.2) is 28.5 Å². The first-order chi connectivity index (χ1) is 12.9. The maximum Gasteiger partial charge on any atom is 0.226 e. The van der Waals surface area contributed by atoms with Gasteiger partial charge in [0.05, 0.1) is 11.1 Å². The van der Waals surface area contributed by atoms with E-state index in [1.54, 1.807) is 11.8 Å². The van der Waals surface area contributed by atoms with Gasteiger partial charge in [-0.2, -0.15) is 0 Å². The van der Waals surface area contributed by atoms with Gasteiger partial charge in [-0.1, -0.05) is 48.0 Å². The van der Waals surface area contributed by atoms with Crippen LogP contribution in [0.25, 0.3) is 0 Å². The molecule has 0 bridgehead atoms. The number of aryl methyl sites for hydroxylation is 1. The molecule has 0 radical (unpaired) electrons. The lowest BCUT2D eigenvalue weighted by molar-refractivity contribution is -0.116. The number of benzene rings is 1. The summed E-state index contributed by atoms with van der Waals surface area (Å²) >= 11 is 12.8. The number of unbranched alkanes of at least 4 members (excludes halogenated alkanes) is 1. The number of nitrogens with zero attached hydrogens (tertiary/aromatic N) is 2. The first kappa shape index (κ1) is 22.5. The Morgan fingerprint density at radius 1 is 1.37 bits per heavy atom. The monoisotopic (exact) mass is 491 g/mol. The maximum atomic E-state index is 12.1. The summed E-state index contributed by atoms with van der Waals surface area (Å²) in [4.78, 5) is 12.1. The summed E-state index contributed by atoms with van der Waals surface area (Å²) in [6.07, 6.45) is 3.27. The van der Waals surface area contributed by atoms with Gasteiger partial charge in [-0.05, 0) is 59.8 Å². The zero-order valence-corrected chi connectivity index (χ0v) is 19.6. The zero-order chi connectivity index (χ0) is 19.8. The van der Waals surface area contributed by atoms with Gasteiger partial charge < -0.3 is 10.1 Å². The van der Waals surface area contributed by atoms with Crippen molar-refractivity contribution in [3.8, 4) is 5.75 Å². The van der Waals surface area contributed by atoms with Gasteiger partial charge in [0.2, 0.25) is 11.0 Å². The van der Waals surface area contributed by atoms with E-state index in [4.69, 9.17) is 16.3 Å². The molecule has 9 heteroatoms. The Morgan fingerprint density at radius 2 is 2.15 bits per heavy atom. The first-order valence-corrected chi connectivity index (χ1v) is 11.7. The van der Waals surface area contributed by atoms with Crippen molar-refractivity contribution in [1.29, 1.82) is 0 Å². The van der Waals surface area contributed by atoms with Crippen LogP contribution in [0, 0.1) is 13.8 Å². The van der Waals surface area contributed by atoms with Crippen molar-refractivity contribution in [3.63, 3.8) is 0 Å².